The van der Waals surface area contributed by atoms with Gasteiger partial charge in [-0.05, 0) is 47.5 Å². The maximum absolute atomic E-state index is 11.0. The molecule has 3 rings (SSSR count). The second-order valence-electron chi connectivity index (χ2n) is 5.76. The zero-order valence-corrected chi connectivity index (χ0v) is 14.6. The molecule has 0 radical (unpaired) electrons. The molecule has 2 atom stereocenters. The summed E-state index contributed by atoms with van der Waals surface area (Å²) in [6.07, 6.45) is -0.721. The van der Waals surface area contributed by atoms with Crippen LogP contribution in [0.2, 0.25) is 5.02 Å². The molecule has 2 N–H and O–H groups in total. The topological polar surface area (TPSA) is 41.5 Å². The van der Waals surface area contributed by atoms with E-state index in [-0.39, 0.29) is 6.04 Å². The van der Waals surface area contributed by atoms with Crippen LogP contribution >= 0.6 is 11.6 Å². The lowest BCUT2D eigenvalue weighted by Crippen LogP contribution is -2.19. The lowest BCUT2D eigenvalue weighted by Gasteiger charge is -2.26. The molecule has 0 aliphatic carbocycles. The Morgan fingerprint density at radius 1 is 0.840 bits per heavy atom. The standard InChI is InChI=1S/C21H20ClNO2/c1-25-19-13-11-18(12-14-19)23-20(15-5-3-2-4-6-15)21(24)16-7-9-17(22)10-8-16/h2-14,20-21,23-24H,1H3. The fourth-order valence-corrected chi connectivity index (χ4v) is 2.85. The van der Waals surface area contributed by atoms with Crippen LogP contribution < -0.4 is 10.1 Å². The third-order valence-electron chi connectivity index (χ3n) is 4.10. The molecule has 25 heavy (non-hydrogen) atoms. The van der Waals surface area contributed by atoms with Crippen molar-refractivity contribution in [2.75, 3.05) is 12.4 Å². The lowest BCUT2D eigenvalue weighted by atomic mass is 9.95. The van der Waals surface area contributed by atoms with E-state index in [0.717, 1.165) is 22.6 Å². The summed E-state index contributed by atoms with van der Waals surface area (Å²) in [6, 6.07) is 24.5. The number of aliphatic hydroxyl groups is 1. The Balaban J connectivity index is 1.90. The summed E-state index contributed by atoms with van der Waals surface area (Å²) in [5.41, 5.74) is 2.71. The molecule has 128 valence electrons. The third-order valence-corrected chi connectivity index (χ3v) is 4.35. The van der Waals surface area contributed by atoms with E-state index >= 15 is 0 Å². The smallest absolute Gasteiger partial charge is 0.119 e. The minimum atomic E-state index is -0.721. The van der Waals surface area contributed by atoms with E-state index in [4.69, 9.17) is 16.3 Å². The number of rotatable bonds is 6. The van der Waals surface area contributed by atoms with Crippen LogP contribution in [-0.4, -0.2) is 12.2 Å². The van der Waals surface area contributed by atoms with E-state index in [1.54, 1.807) is 19.2 Å². The number of ether oxygens (including phenoxy) is 1. The number of nitrogens with one attached hydrogen (secondary N) is 1. The van der Waals surface area contributed by atoms with Crippen LogP contribution in [0.4, 0.5) is 5.69 Å². The van der Waals surface area contributed by atoms with Crippen molar-refractivity contribution in [2.24, 2.45) is 0 Å². The van der Waals surface area contributed by atoms with Gasteiger partial charge in [0.2, 0.25) is 0 Å². The molecule has 0 saturated heterocycles. The van der Waals surface area contributed by atoms with Crippen molar-refractivity contribution >= 4 is 17.3 Å². The largest absolute Gasteiger partial charge is 0.497 e. The first-order valence-electron chi connectivity index (χ1n) is 8.06. The maximum atomic E-state index is 11.0. The van der Waals surface area contributed by atoms with Gasteiger partial charge in [0.1, 0.15) is 11.9 Å². The van der Waals surface area contributed by atoms with Crippen LogP contribution in [0.15, 0.2) is 78.9 Å². The Morgan fingerprint density at radius 3 is 2.08 bits per heavy atom. The van der Waals surface area contributed by atoms with Crippen LogP contribution in [0.5, 0.6) is 5.75 Å². The maximum Gasteiger partial charge on any atom is 0.119 e. The molecule has 3 aromatic carbocycles. The highest BCUT2D eigenvalue weighted by Gasteiger charge is 2.22. The van der Waals surface area contributed by atoms with Gasteiger partial charge in [0.15, 0.2) is 0 Å². The first-order valence-corrected chi connectivity index (χ1v) is 8.44. The minimum absolute atomic E-state index is 0.296. The quantitative estimate of drug-likeness (QED) is 0.637. The van der Waals surface area contributed by atoms with Crippen molar-refractivity contribution in [3.8, 4) is 5.75 Å². The number of halogens is 1. The molecule has 0 heterocycles. The molecule has 0 aromatic heterocycles. The normalized spacial score (nSPS) is 13.1. The van der Waals surface area contributed by atoms with Crippen molar-refractivity contribution in [2.45, 2.75) is 12.1 Å². The third kappa shape index (κ3) is 4.32. The number of aliphatic hydroxyl groups excluding tert-OH is 1. The molecule has 3 aromatic rings. The van der Waals surface area contributed by atoms with Gasteiger partial charge in [-0.2, -0.15) is 0 Å². The summed E-state index contributed by atoms with van der Waals surface area (Å²) < 4.78 is 5.20. The van der Waals surface area contributed by atoms with E-state index in [1.807, 2.05) is 66.7 Å². The Labute approximate surface area is 152 Å². The van der Waals surface area contributed by atoms with Gasteiger partial charge in [0.05, 0.1) is 13.2 Å². The molecule has 4 heteroatoms. The lowest BCUT2D eigenvalue weighted by molar-refractivity contribution is 0.155. The summed E-state index contributed by atoms with van der Waals surface area (Å²) in [6.45, 7) is 0. The zero-order valence-electron chi connectivity index (χ0n) is 13.9. The minimum Gasteiger partial charge on any atom is -0.497 e. The molecule has 0 fully saturated rings. The van der Waals surface area contributed by atoms with Crippen molar-refractivity contribution in [1.29, 1.82) is 0 Å². The second-order valence-corrected chi connectivity index (χ2v) is 6.19. The van der Waals surface area contributed by atoms with Crippen LogP contribution in [0, 0.1) is 0 Å². The number of hydrogen-bond donors (Lipinski definition) is 2. The van der Waals surface area contributed by atoms with E-state index in [9.17, 15) is 5.11 Å². The van der Waals surface area contributed by atoms with Crippen molar-refractivity contribution in [3.63, 3.8) is 0 Å². The summed E-state index contributed by atoms with van der Waals surface area (Å²) >= 11 is 5.96. The zero-order chi connectivity index (χ0) is 17.6. The molecule has 0 aliphatic heterocycles. The van der Waals surface area contributed by atoms with Gasteiger partial charge in [0.25, 0.3) is 0 Å². The predicted molar refractivity (Wildman–Crippen MR) is 102 cm³/mol. The number of benzene rings is 3. The molecule has 0 amide bonds. The number of anilines is 1. The van der Waals surface area contributed by atoms with Crippen LogP contribution in [0.3, 0.4) is 0 Å². The molecule has 0 aliphatic rings. The van der Waals surface area contributed by atoms with Crippen LogP contribution in [0.1, 0.15) is 23.3 Å². The molecule has 2 unspecified atom stereocenters. The SMILES string of the molecule is COc1ccc(NC(c2ccccc2)C(O)c2ccc(Cl)cc2)cc1. The highest BCUT2D eigenvalue weighted by Crippen LogP contribution is 2.33. The molecule has 0 saturated carbocycles. The molecule has 0 bridgehead atoms. The first-order chi connectivity index (χ1) is 12.2. The Morgan fingerprint density at radius 2 is 1.48 bits per heavy atom. The van der Waals surface area contributed by atoms with E-state index in [1.165, 1.54) is 0 Å². The van der Waals surface area contributed by atoms with Crippen molar-refractivity contribution < 1.29 is 9.84 Å². The Bertz CT molecular complexity index is 788. The first kappa shape index (κ1) is 17.3. The fourth-order valence-electron chi connectivity index (χ4n) is 2.72. The van der Waals surface area contributed by atoms with Gasteiger partial charge in [-0.1, -0.05) is 54.1 Å². The summed E-state index contributed by atoms with van der Waals surface area (Å²) in [7, 11) is 1.64. The molecular formula is C21H20ClNO2. The second kappa shape index (κ2) is 8.06. The van der Waals surface area contributed by atoms with Gasteiger partial charge < -0.3 is 15.2 Å². The Kier molecular flexibility index (Phi) is 5.59. The van der Waals surface area contributed by atoms with E-state index in [2.05, 4.69) is 5.32 Å². The summed E-state index contributed by atoms with van der Waals surface area (Å²) in [4.78, 5) is 0. The van der Waals surface area contributed by atoms with Crippen molar-refractivity contribution in [3.05, 3.63) is 95.0 Å². The van der Waals surface area contributed by atoms with Crippen LogP contribution in [-0.2, 0) is 0 Å². The van der Waals surface area contributed by atoms with Gasteiger partial charge in [-0.3, -0.25) is 0 Å². The summed E-state index contributed by atoms with van der Waals surface area (Å²) in [5, 5.41) is 15.0. The van der Waals surface area contributed by atoms with E-state index in [0.29, 0.717) is 5.02 Å². The van der Waals surface area contributed by atoms with Crippen LogP contribution in [0.25, 0.3) is 0 Å². The van der Waals surface area contributed by atoms with Gasteiger partial charge >= 0.3 is 0 Å². The van der Waals surface area contributed by atoms with Gasteiger partial charge in [-0.25, -0.2) is 0 Å². The molecular weight excluding hydrogens is 334 g/mol. The summed E-state index contributed by atoms with van der Waals surface area (Å²) in [5.74, 6) is 0.792. The monoisotopic (exact) mass is 353 g/mol. The highest BCUT2D eigenvalue weighted by atomic mass is 35.5. The predicted octanol–water partition coefficient (Wildman–Crippen LogP) is 5.24. The van der Waals surface area contributed by atoms with E-state index < -0.39 is 6.10 Å². The highest BCUT2D eigenvalue weighted by molar-refractivity contribution is 6.30. The molecule has 3 nitrogen and oxygen atoms in total. The molecule has 0 spiro atoms. The van der Waals surface area contributed by atoms with Gasteiger partial charge in [0, 0.05) is 10.7 Å². The Hall–Kier alpha value is -2.49. The van der Waals surface area contributed by atoms with Crippen molar-refractivity contribution in [1.82, 2.24) is 0 Å². The number of hydrogen-bond acceptors (Lipinski definition) is 3. The fraction of sp³-hybridized carbons (Fsp3) is 0.143. The van der Waals surface area contributed by atoms with Gasteiger partial charge in [-0.15, -0.1) is 0 Å². The number of methoxy groups -OCH3 is 1. The average molecular weight is 354 g/mol. The average Bonchev–Trinajstić information content (AvgIpc) is 2.67.